The Balaban J connectivity index is 1.85. The summed E-state index contributed by atoms with van der Waals surface area (Å²) in [6.45, 7) is 1.73. The van der Waals surface area contributed by atoms with Gasteiger partial charge in [-0.2, -0.15) is 0 Å². The predicted octanol–water partition coefficient (Wildman–Crippen LogP) is 4.47. The summed E-state index contributed by atoms with van der Waals surface area (Å²) in [5.74, 6) is -0.933. The van der Waals surface area contributed by atoms with Gasteiger partial charge < -0.3 is 15.2 Å². The molecule has 2 aromatic carbocycles. The minimum atomic E-state index is -1.04. The summed E-state index contributed by atoms with van der Waals surface area (Å²) in [7, 11) is 0. The first kappa shape index (κ1) is 20.0. The minimum Gasteiger partial charge on any atom is -0.479 e. The number of benzene rings is 2. The molecule has 0 saturated carbocycles. The third-order valence-electron chi connectivity index (χ3n) is 3.85. The molecule has 1 amide bonds. The number of hydrogen-bond acceptors (Lipinski definition) is 5. The highest BCUT2D eigenvalue weighted by Gasteiger charge is 2.25. The van der Waals surface area contributed by atoms with E-state index in [-0.39, 0.29) is 5.91 Å². The number of amides is 1. The predicted molar refractivity (Wildman–Crippen MR) is 111 cm³/mol. The standard InChI is InChI=1S/C20H17ClN2O4S/c1-2-15(19(25)26)27-16-10-6-3-7-12(16)11-17-18(24)23-20(28-17)22-14-9-5-4-8-13(14)21/h3-11,15H,2H2,1H3,(H,25,26)(H,22,23,24)/b17-11+. The van der Waals surface area contributed by atoms with Crippen LogP contribution >= 0.6 is 23.4 Å². The summed E-state index contributed by atoms with van der Waals surface area (Å²) < 4.78 is 5.61. The summed E-state index contributed by atoms with van der Waals surface area (Å²) in [6, 6.07) is 14.1. The molecule has 8 heteroatoms. The van der Waals surface area contributed by atoms with E-state index in [1.54, 1.807) is 55.5 Å². The van der Waals surface area contributed by atoms with Crippen LogP contribution in [-0.2, 0) is 9.59 Å². The van der Waals surface area contributed by atoms with Crippen molar-refractivity contribution in [2.24, 2.45) is 4.99 Å². The molecule has 0 aromatic heterocycles. The normalized spacial score (nSPS) is 17.6. The molecule has 1 atom stereocenters. The maximum absolute atomic E-state index is 12.3. The first-order valence-electron chi connectivity index (χ1n) is 8.50. The SMILES string of the molecule is CCC(Oc1ccccc1/C=C1/SC(=Nc2ccccc2Cl)NC1=O)C(=O)O. The zero-order chi connectivity index (χ0) is 20.1. The molecule has 0 spiro atoms. The van der Waals surface area contributed by atoms with Gasteiger partial charge in [0.25, 0.3) is 5.91 Å². The Hall–Kier alpha value is -2.77. The quantitative estimate of drug-likeness (QED) is 0.678. The monoisotopic (exact) mass is 416 g/mol. The highest BCUT2D eigenvalue weighted by Crippen LogP contribution is 2.32. The number of nitrogens with zero attached hydrogens (tertiary/aromatic N) is 1. The van der Waals surface area contributed by atoms with E-state index in [0.717, 1.165) is 0 Å². The Bertz CT molecular complexity index is 974. The van der Waals surface area contributed by atoms with E-state index in [1.807, 2.05) is 6.07 Å². The number of carbonyl (C=O) groups excluding carboxylic acids is 1. The van der Waals surface area contributed by atoms with Gasteiger partial charge in [0.2, 0.25) is 0 Å². The molecule has 1 aliphatic heterocycles. The van der Waals surface area contributed by atoms with Crippen molar-refractivity contribution in [3.63, 3.8) is 0 Å². The lowest BCUT2D eigenvalue weighted by molar-refractivity contribution is -0.145. The third kappa shape index (κ3) is 4.74. The number of carbonyl (C=O) groups is 2. The average Bonchev–Trinajstić information content (AvgIpc) is 3.01. The van der Waals surface area contributed by atoms with Gasteiger partial charge in [-0.05, 0) is 42.5 Å². The lowest BCUT2D eigenvalue weighted by atomic mass is 10.1. The fraction of sp³-hybridized carbons (Fsp3) is 0.150. The molecule has 6 nitrogen and oxygen atoms in total. The summed E-state index contributed by atoms with van der Waals surface area (Å²) in [4.78, 5) is 28.4. The van der Waals surface area contributed by atoms with E-state index in [0.29, 0.717) is 38.5 Å². The van der Waals surface area contributed by atoms with Gasteiger partial charge in [-0.1, -0.05) is 48.9 Å². The van der Waals surface area contributed by atoms with Crippen LogP contribution in [0.3, 0.4) is 0 Å². The highest BCUT2D eigenvalue weighted by atomic mass is 35.5. The number of halogens is 1. The Morgan fingerprint density at radius 1 is 1.29 bits per heavy atom. The van der Waals surface area contributed by atoms with Crippen LogP contribution in [0.2, 0.25) is 5.02 Å². The van der Waals surface area contributed by atoms with Crippen LogP contribution in [0.15, 0.2) is 58.4 Å². The molecule has 1 aliphatic rings. The summed E-state index contributed by atoms with van der Waals surface area (Å²) >= 11 is 7.28. The highest BCUT2D eigenvalue weighted by molar-refractivity contribution is 8.18. The molecule has 0 radical (unpaired) electrons. The van der Waals surface area contributed by atoms with Gasteiger partial charge in [-0.3, -0.25) is 4.79 Å². The minimum absolute atomic E-state index is 0.295. The Kier molecular flexibility index (Phi) is 6.38. The van der Waals surface area contributed by atoms with Crippen molar-refractivity contribution in [3.8, 4) is 5.75 Å². The molecule has 2 aromatic rings. The first-order valence-corrected chi connectivity index (χ1v) is 9.70. The summed E-state index contributed by atoms with van der Waals surface area (Å²) in [5.41, 5.74) is 1.17. The molecule has 1 unspecified atom stereocenters. The van der Waals surface area contributed by atoms with Crippen LogP contribution in [0.5, 0.6) is 5.75 Å². The molecule has 1 saturated heterocycles. The zero-order valence-corrected chi connectivity index (χ0v) is 16.5. The molecule has 28 heavy (non-hydrogen) atoms. The van der Waals surface area contributed by atoms with Crippen LogP contribution in [0, 0.1) is 0 Å². The molecule has 1 fully saturated rings. The largest absolute Gasteiger partial charge is 0.479 e. The number of rotatable bonds is 6. The van der Waals surface area contributed by atoms with E-state index >= 15 is 0 Å². The Morgan fingerprint density at radius 2 is 2.00 bits per heavy atom. The molecule has 0 aliphatic carbocycles. The van der Waals surface area contributed by atoms with Gasteiger partial charge in [0.15, 0.2) is 11.3 Å². The van der Waals surface area contributed by atoms with Gasteiger partial charge in [0, 0.05) is 5.56 Å². The smallest absolute Gasteiger partial charge is 0.344 e. The first-order chi connectivity index (χ1) is 13.5. The molecule has 0 bridgehead atoms. The number of hydrogen-bond donors (Lipinski definition) is 2. The lowest BCUT2D eigenvalue weighted by Crippen LogP contribution is -2.26. The Morgan fingerprint density at radius 3 is 2.71 bits per heavy atom. The number of carboxylic acids is 1. The Labute approximate surface area is 171 Å². The van der Waals surface area contributed by atoms with Crippen molar-refractivity contribution in [1.82, 2.24) is 5.32 Å². The van der Waals surface area contributed by atoms with E-state index < -0.39 is 12.1 Å². The average molecular weight is 417 g/mol. The topological polar surface area (TPSA) is 88.0 Å². The molecular weight excluding hydrogens is 400 g/mol. The second kappa shape index (κ2) is 8.95. The van der Waals surface area contributed by atoms with E-state index in [1.165, 1.54) is 11.8 Å². The number of amidine groups is 1. The zero-order valence-electron chi connectivity index (χ0n) is 14.9. The number of carboxylic acid groups (broad SMARTS) is 1. The fourth-order valence-electron chi connectivity index (χ4n) is 2.44. The van der Waals surface area contributed by atoms with Crippen molar-refractivity contribution in [2.45, 2.75) is 19.4 Å². The number of thioether (sulfide) groups is 1. The number of para-hydroxylation sites is 2. The number of ether oxygens (including phenoxy) is 1. The van der Waals surface area contributed by atoms with Crippen LogP contribution in [-0.4, -0.2) is 28.3 Å². The molecule has 3 rings (SSSR count). The van der Waals surface area contributed by atoms with Gasteiger partial charge in [0.1, 0.15) is 5.75 Å². The van der Waals surface area contributed by atoms with Crippen molar-refractivity contribution < 1.29 is 19.4 Å². The fourth-order valence-corrected chi connectivity index (χ4v) is 3.45. The molecular formula is C20H17ClN2O4S. The van der Waals surface area contributed by atoms with Crippen LogP contribution < -0.4 is 10.1 Å². The van der Waals surface area contributed by atoms with Crippen molar-refractivity contribution in [1.29, 1.82) is 0 Å². The van der Waals surface area contributed by atoms with Crippen molar-refractivity contribution in [2.75, 3.05) is 0 Å². The lowest BCUT2D eigenvalue weighted by Gasteiger charge is -2.15. The third-order valence-corrected chi connectivity index (χ3v) is 5.08. The number of aliphatic carboxylic acids is 1. The maximum Gasteiger partial charge on any atom is 0.344 e. The van der Waals surface area contributed by atoms with Crippen molar-refractivity contribution >= 4 is 52.2 Å². The van der Waals surface area contributed by atoms with Gasteiger partial charge in [-0.15, -0.1) is 0 Å². The second-order valence-corrected chi connectivity index (χ2v) is 7.26. The van der Waals surface area contributed by atoms with E-state index in [4.69, 9.17) is 16.3 Å². The van der Waals surface area contributed by atoms with Crippen LogP contribution in [0.4, 0.5) is 5.69 Å². The number of nitrogens with one attached hydrogen (secondary N) is 1. The van der Waals surface area contributed by atoms with E-state index in [9.17, 15) is 14.7 Å². The van der Waals surface area contributed by atoms with Crippen LogP contribution in [0.1, 0.15) is 18.9 Å². The molecule has 144 valence electrons. The van der Waals surface area contributed by atoms with Crippen molar-refractivity contribution in [3.05, 3.63) is 64.0 Å². The second-order valence-electron chi connectivity index (χ2n) is 5.82. The number of aliphatic imine (C=N–C) groups is 1. The summed E-state index contributed by atoms with van der Waals surface area (Å²) in [6.07, 6.45) is 1.02. The van der Waals surface area contributed by atoms with Gasteiger partial charge in [0.05, 0.1) is 15.6 Å². The van der Waals surface area contributed by atoms with Gasteiger partial charge >= 0.3 is 5.97 Å². The summed E-state index contributed by atoms with van der Waals surface area (Å²) in [5, 5.41) is 12.8. The van der Waals surface area contributed by atoms with Gasteiger partial charge in [-0.25, -0.2) is 9.79 Å². The molecule has 1 heterocycles. The maximum atomic E-state index is 12.3. The van der Waals surface area contributed by atoms with E-state index in [2.05, 4.69) is 10.3 Å². The van der Waals surface area contributed by atoms with Crippen LogP contribution in [0.25, 0.3) is 6.08 Å². The molecule has 2 N–H and O–H groups in total.